The maximum atomic E-state index is 12.6. The van der Waals surface area contributed by atoms with Gasteiger partial charge in [-0.25, -0.2) is 8.42 Å². The monoisotopic (exact) mass is 423 g/mol. The van der Waals surface area contributed by atoms with Crippen LogP contribution in [0, 0.1) is 10.1 Å². The Balaban J connectivity index is 1.49. The number of hydrogen-bond donors (Lipinski definition) is 1. The SMILES string of the molecule is COc1ccc2c(c1)CCN(S(=O)(=O)CCCNC(=O)c1ccc([N+](=O)[O-])o1)C2. The van der Waals surface area contributed by atoms with Crippen molar-refractivity contribution in [2.45, 2.75) is 19.4 Å². The van der Waals surface area contributed by atoms with Gasteiger partial charge in [0.1, 0.15) is 10.7 Å². The number of nitrogens with one attached hydrogen (secondary N) is 1. The molecule has 1 aromatic carbocycles. The molecule has 0 spiro atoms. The third-order valence-electron chi connectivity index (χ3n) is 4.64. The van der Waals surface area contributed by atoms with Crippen LogP contribution in [0.25, 0.3) is 0 Å². The zero-order valence-corrected chi connectivity index (χ0v) is 16.6. The molecule has 0 aliphatic carbocycles. The summed E-state index contributed by atoms with van der Waals surface area (Å²) in [5.74, 6) is -0.714. The van der Waals surface area contributed by atoms with Crippen molar-refractivity contribution in [3.8, 4) is 5.75 Å². The number of carbonyl (C=O) groups excluding carboxylic acids is 1. The van der Waals surface area contributed by atoms with Gasteiger partial charge in [0, 0.05) is 19.6 Å². The Kier molecular flexibility index (Phi) is 6.18. The van der Waals surface area contributed by atoms with E-state index in [2.05, 4.69) is 5.32 Å². The lowest BCUT2D eigenvalue weighted by atomic mass is 10.0. The van der Waals surface area contributed by atoms with Crippen LogP contribution in [0.4, 0.5) is 5.88 Å². The van der Waals surface area contributed by atoms with Gasteiger partial charge >= 0.3 is 5.88 Å². The number of methoxy groups -OCH3 is 1. The number of rotatable bonds is 8. The normalized spacial score (nSPS) is 14.2. The van der Waals surface area contributed by atoms with Crippen LogP contribution in [0.15, 0.2) is 34.7 Å². The lowest BCUT2D eigenvalue weighted by Gasteiger charge is -2.28. The molecule has 0 bridgehead atoms. The highest BCUT2D eigenvalue weighted by Gasteiger charge is 2.26. The van der Waals surface area contributed by atoms with Crippen molar-refractivity contribution < 1.29 is 27.3 Å². The number of benzene rings is 1. The zero-order chi connectivity index (χ0) is 21.0. The van der Waals surface area contributed by atoms with Gasteiger partial charge in [-0.15, -0.1) is 0 Å². The van der Waals surface area contributed by atoms with Crippen LogP contribution in [0.5, 0.6) is 5.75 Å². The predicted molar refractivity (Wildman–Crippen MR) is 103 cm³/mol. The van der Waals surface area contributed by atoms with E-state index in [4.69, 9.17) is 9.15 Å². The van der Waals surface area contributed by atoms with E-state index in [1.807, 2.05) is 18.2 Å². The molecule has 1 N–H and O–H groups in total. The van der Waals surface area contributed by atoms with Crippen LogP contribution in [0.2, 0.25) is 0 Å². The maximum Gasteiger partial charge on any atom is 0.433 e. The summed E-state index contributed by atoms with van der Waals surface area (Å²) in [6.45, 7) is 0.809. The molecule has 11 heteroatoms. The van der Waals surface area contributed by atoms with E-state index in [1.165, 1.54) is 10.4 Å². The molecule has 0 atom stereocenters. The molecule has 0 saturated carbocycles. The fraction of sp³-hybridized carbons (Fsp3) is 0.389. The number of nitrogens with zero attached hydrogens (tertiary/aromatic N) is 2. The van der Waals surface area contributed by atoms with Gasteiger partial charge in [-0.3, -0.25) is 14.9 Å². The van der Waals surface area contributed by atoms with Gasteiger partial charge in [0.2, 0.25) is 10.0 Å². The second-order valence-electron chi connectivity index (χ2n) is 6.54. The molecule has 0 saturated heterocycles. The number of sulfonamides is 1. The van der Waals surface area contributed by atoms with Gasteiger partial charge in [0.25, 0.3) is 5.91 Å². The van der Waals surface area contributed by atoms with Gasteiger partial charge in [-0.2, -0.15) is 4.31 Å². The largest absolute Gasteiger partial charge is 0.497 e. The molecule has 1 amide bonds. The van der Waals surface area contributed by atoms with Gasteiger partial charge in [-0.1, -0.05) is 6.07 Å². The summed E-state index contributed by atoms with van der Waals surface area (Å²) >= 11 is 0. The van der Waals surface area contributed by atoms with Crippen molar-refractivity contribution >= 4 is 21.8 Å². The first-order valence-corrected chi connectivity index (χ1v) is 10.6. The van der Waals surface area contributed by atoms with E-state index in [1.54, 1.807) is 7.11 Å². The molecule has 0 radical (unpaired) electrons. The number of amides is 1. The van der Waals surface area contributed by atoms with Gasteiger partial charge < -0.3 is 14.5 Å². The molecule has 1 aliphatic heterocycles. The molecular formula is C18H21N3O7S. The van der Waals surface area contributed by atoms with Gasteiger partial charge in [0.05, 0.1) is 18.9 Å². The van der Waals surface area contributed by atoms with E-state index in [0.717, 1.165) is 22.9 Å². The summed E-state index contributed by atoms with van der Waals surface area (Å²) in [6.07, 6.45) is 0.822. The number of fused-ring (bicyclic) bond motifs is 1. The molecule has 1 aliphatic rings. The Morgan fingerprint density at radius 1 is 1.31 bits per heavy atom. The van der Waals surface area contributed by atoms with Crippen molar-refractivity contribution in [3.63, 3.8) is 0 Å². The van der Waals surface area contributed by atoms with Crippen LogP contribution in [0.3, 0.4) is 0 Å². The number of ether oxygens (including phenoxy) is 1. The predicted octanol–water partition coefficient (Wildman–Crippen LogP) is 1.70. The van der Waals surface area contributed by atoms with Gasteiger partial charge in [-0.05, 0) is 42.2 Å². The van der Waals surface area contributed by atoms with E-state index in [9.17, 15) is 23.3 Å². The first-order chi connectivity index (χ1) is 13.8. The second kappa shape index (κ2) is 8.62. The zero-order valence-electron chi connectivity index (χ0n) is 15.8. The Morgan fingerprint density at radius 3 is 2.79 bits per heavy atom. The van der Waals surface area contributed by atoms with Crippen molar-refractivity contribution in [2.75, 3.05) is 26.0 Å². The van der Waals surface area contributed by atoms with Crippen LogP contribution in [0.1, 0.15) is 28.1 Å². The molecule has 10 nitrogen and oxygen atoms in total. The van der Waals surface area contributed by atoms with E-state index in [0.29, 0.717) is 19.5 Å². The summed E-state index contributed by atoms with van der Waals surface area (Å²) < 4.78 is 36.7. The first kappa shape index (κ1) is 20.8. The Labute approximate surface area is 167 Å². The minimum absolute atomic E-state index is 0.105. The van der Waals surface area contributed by atoms with Crippen molar-refractivity contribution in [1.82, 2.24) is 9.62 Å². The van der Waals surface area contributed by atoms with E-state index in [-0.39, 0.29) is 24.5 Å². The molecule has 156 valence electrons. The average molecular weight is 423 g/mol. The van der Waals surface area contributed by atoms with Crippen LogP contribution < -0.4 is 10.1 Å². The third kappa shape index (κ3) is 4.93. The minimum Gasteiger partial charge on any atom is -0.497 e. The summed E-state index contributed by atoms with van der Waals surface area (Å²) in [4.78, 5) is 21.7. The fourth-order valence-electron chi connectivity index (χ4n) is 3.09. The highest BCUT2D eigenvalue weighted by molar-refractivity contribution is 7.89. The molecular weight excluding hydrogens is 402 g/mol. The van der Waals surface area contributed by atoms with Crippen molar-refractivity contribution in [3.05, 3.63) is 57.3 Å². The number of nitro groups is 1. The summed E-state index contributed by atoms with van der Waals surface area (Å²) in [7, 11) is -1.88. The lowest BCUT2D eigenvalue weighted by molar-refractivity contribution is -0.402. The Hall–Kier alpha value is -2.92. The van der Waals surface area contributed by atoms with E-state index >= 15 is 0 Å². The van der Waals surface area contributed by atoms with E-state index < -0.39 is 26.7 Å². The standard InChI is InChI=1S/C18H21N3O7S/c1-27-15-4-3-14-12-20(9-7-13(14)11-15)29(25,26)10-2-8-19-18(22)16-5-6-17(28-16)21(23)24/h3-6,11H,2,7-10,12H2,1H3,(H,19,22). The highest BCUT2D eigenvalue weighted by Crippen LogP contribution is 2.25. The van der Waals surface area contributed by atoms with Crippen molar-refractivity contribution in [1.29, 1.82) is 0 Å². The molecule has 29 heavy (non-hydrogen) atoms. The lowest BCUT2D eigenvalue weighted by Crippen LogP contribution is -2.38. The topological polar surface area (TPSA) is 132 Å². The highest BCUT2D eigenvalue weighted by atomic mass is 32.2. The molecule has 2 heterocycles. The molecule has 1 aromatic heterocycles. The Bertz CT molecular complexity index is 1020. The van der Waals surface area contributed by atoms with Crippen LogP contribution >= 0.6 is 0 Å². The molecule has 2 aromatic rings. The number of hydrogen-bond acceptors (Lipinski definition) is 7. The smallest absolute Gasteiger partial charge is 0.433 e. The Morgan fingerprint density at radius 2 is 2.10 bits per heavy atom. The van der Waals surface area contributed by atoms with Crippen LogP contribution in [-0.2, 0) is 23.0 Å². The molecule has 0 fully saturated rings. The minimum atomic E-state index is -3.47. The van der Waals surface area contributed by atoms with Crippen LogP contribution in [-0.4, -0.2) is 49.5 Å². The molecule has 0 unspecified atom stereocenters. The summed E-state index contributed by atoms with van der Waals surface area (Å²) in [5, 5.41) is 13.1. The fourth-order valence-corrected chi connectivity index (χ4v) is 4.56. The second-order valence-corrected chi connectivity index (χ2v) is 8.63. The maximum absolute atomic E-state index is 12.6. The van der Waals surface area contributed by atoms with Gasteiger partial charge in [0.15, 0.2) is 5.76 Å². The summed E-state index contributed by atoms with van der Waals surface area (Å²) in [6, 6.07) is 7.89. The van der Waals surface area contributed by atoms with Crippen molar-refractivity contribution in [2.24, 2.45) is 0 Å². The molecule has 3 rings (SSSR count). The number of carbonyl (C=O) groups is 1. The summed E-state index contributed by atoms with van der Waals surface area (Å²) in [5.41, 5.74) is 2.03. The quantitative estimate of drug-likeness (QED) is 0.388. The number of furan rings is 1. The average Bonchev–Trinajstić information content (AvgIpc) is 3.21. The first-order valence-electron chi connectivity index (χ1n) is 8.96. The third-order valence-corrected chi connectivity index (χ3v) is 6.55.